The topological polar surface area (TPSA) is 93.5 Å². The fourth-order valence-electron chi connectivity index (χ4n) is 2.07. The van der Waals surface area contributed by atoms with Gasteiger partial charge in [-0.1, -0.05) is 41.5 Å². The van der Waals surface area contributed by atoms with E-state index in [0.717, 1.165) is 5.56 Å². The molecule has 2 aromatic carbocycles. The Morgan fingerprint density at radius 1 is 1.16 bits per heavy atom. The van der Waals surface area contributed by atoms with Gasteiger partial charge in [0.05, 0.1) is 14.2 Å². The summed E-state index contributed by atoms with van der Waals surface area (Å²) in [4.78, 5) is 14.2. The third-order valence-electron chi connectivity index (χ3n) is 3.28. The second-order valence-corrected chi connectivity index (χ2v) is 4.90. The Morgan fingerprint density at radius 2 is 1.92 bits per heavy atom. The molecule has 0 radical (unpaired) electrons. The molecule has 0 aliphatic carbocycles. The maximum absolute atomic E-state index is 11.6. The Labute approximate surface area is 145 Å². The average molecular weight is 339 g/mol. The van der Waals surface area contributed by atoms with Crippen molar-refractivity contribution in [2.24, 2.45) is 5.11 Å². The van der Waals surface area contributed by atoms with Gasteiger partial charge < -0.3 is 14.2 Å². The van der Waals surface area contributed by atoms with Crippen molar-refractivity contribution < 1.29 is 19.0 Å². The molecule has 0 unspecified atom stereocenters. The molecule has 128 valence electrons. The Bertz CT molecular complexity index is 812. The van der Waals surface area contributed by atoms with Crippen LogP contribution in [0.15, 0.2) is 59.3 Å². The quantitative estimate of drug-likeness (QED) is 0.249. The van der Waals surface area contributed by atoms with E-state index in [0.29, 0.717) is 23.7 Å². The van der Waals surface area contributed by atoms with Crippen LogP contribution in [0, 0.1) is 0 Å². The summed E-state index contributed by atoms with van der Waals surface area (Å²) < 4.78 is 15.7. The number of carbonyl (C=O) groups excluding carboxylic acids is 1. The van der Waals surface area contributed by atoms with E-state index < -0.39 is 5.97 Å². The summed E-state index contributed by atoms with van der Waals surface area (Å²) in [5.74, 6) is 0.336. The fraction of sp³-hybridized carbons (Fsp3) is 0.167. The van der Waals surface area contributed by atoms with Gasteiger partial charge in [0.25, 0.3) is 0 Å². The molecule has 0 bridgehead atoms. The van der Waals surface area contributed by atoms with E-state index in [1.54, 1.807) is 18.2 Å². The highest BCUT2D eigenvalue weighted by Gasteiger charge is 2.10. The summed E-state index contributed by atoms with van der Waals surface area (Å²) in [5.41, 5.74) is 10.0. The first-order chi connectivity index (χ1) is 12.2. The number of hydrogen-bond acceptors (Lipinski definition) is 5. The maximum atomic E-state index is 11.6. The van der Waals surface area contributed by atoms with Gasteiger partial charge in [-0.25, -0.2) is 4.79 Å². The normalized spacial score (nSPS) is 10.6. The lowest BCUT2D eigenvalue weighted by Crippen LogP contribution is -2.02. The Kier molecular flexibility index (Phi) is 6.45. The molecule has 0 saturated heterocycles. The number of methoxy groups -OCH3 is 2. The van der Waals surface area contributed by atoms with Gasteiger partial charge in [-0.2, -0.15) is 0 Å². The smallest absolute Gasteiger partial charge is 0.340 e. The van der Waals surface area contributed by atoms with Gasteiger partial charge in [-0.15, -0.1) is 0 Å². The number of esters is 1. The summed E-state index contributed by atoms with van der Waals surface area (Å²) in [6.45, 7) is 0.401. The molecule has 0 fully saturated rings. The van der Waals surface area contributed by atoms with Gasteiger partial charge in [0.1, 0.15) is 12.3 Å². The molecule has 0 aromatic heterocycles. The first kappa shape index (κ1) is 17.9. The van der Waals surface area contributed by atoms with Crippen LogP contribution < -0.4 is 9.47 Å². The van der Waals surface area contributed by atoms with Gasteiger partial charge in [0.15, 0.2) is 11.5 Å². The van der Waals surface area contributed by atoms with Gasteiger partial charge >= 0.3 is 5.97 Å². The summed E-state index contributed by atoms with van der Waals surface area (Å²) in [6, 6.07) is 14.9. The SMILES string of the molecule is COC(=O)C(=Cc1ccc(OCc2ccccc2)c(OC)c1)N=[N+]=[N-]. The van der Waals surface area contributed by atoms with E-state index in [4.69, 9.17) is 15.0 Å². The second kappa shape index (κ2) is 9.00. The third-order valence-corrected chi connectivity index (χ3v) is 3.28. The monoisotopic (exact) mass is 339 g/mol. The summed E-state index contributed by atoms with van der Waals surface area (Å²) in [6.07, 6.45) is 1.41. The highest BCUT2D eigenvalue weighted by molar-refractivity contribution is 5.93. The lowest BCUT2D eigenvalue weighted by molar-refractivity contribution is -0.136. The minimum Gasteiger partial charge on any atom is -0.493 e. The highest BCUT2D eigenvalue weighted by Crippen LogP contribution is 2.29. The van der Waals surface area contributed by atoms with Crippen molar-refractivity contribution >= 4 is 12.0 Å². The van der Waals surface area contributed by atoms with Crippen LogP contribution >= 0.6 is 0 Å². The van der Waals surface area contributed by atoms with Crippen LogP contribution in [0.3, 0.4) is 0 Å². The van der Waals surface area contributed by atoms with Crippen LogP contribution in [-0.4, -0.2) is 20.2 Å². The molecule has 0 amide bonds. The molecule has 0 aliphatic rings. The van der Waals surface area contributed by atoms with Gasteiger partial charge in [0, 0.05) is 4.91 Å². The maximum Gasteiger partial charge on any atom is 0.340 e. The predicted octanol–water partition coefficient (Wildman–Crippen LogP) is 4.10. The molecule has 25 heavy (non-hydrogen) atoms. The lowest BCUT2D eigenvalue weighted by atomic mass is 10.1. The Morgan fingerprint density at radius 3 is 2.56 bits per heavy atom. The molecule has 0 N–H and O–H groups in total. The largest absolute Gasteiger partial charge is 0.493 e. The number of benzene rings is 2. The van der Waals surface area contributed by atoms with Crippen LogP contribution in [0.4, 0.5) is 0 Å². The molecule has 7 nitrogen and oxygen atoms in total. The Balaban J connectivity index is 2.23. The number of nitrogens with zero attached hydrogens (tertiary/aromatic N) is 3. The lowest BCUT2D eigenvalue weighted by Gasteiger charge is -2.11. The first-order valence-corrected chi connectivity index (χ1v) is 7.37. The van der Waals surface area contributed by atoms with E-state index in [1.165, 1.54) is 20.3 Å². The number of hydrogen-bond donors (Lipinski definition) is 0. The van der Waals surface area contributed by atoms with E-state index in [-0.39, 0.29) is 5.70 Å². The summed E-state index contributed by atoms with van der Waals surface area (Å²) in [5, 5.41) is 3.34. The average Bonchev–Trinajstić information content (AvgIpc) is 2.66. The molecule has 0 heterocycles. The van der Waals surface area contributed by atoms with E-state index >= 15 is 0 Å². The van der Waals surface area contributed by atoms with Crippen LogP contribution in [0.5, 0.6) is 11.5 Å². The van der Waals surface area contributed by atoms with Crippen LogP contribution in [0.2, 0.25) is 0 Å². The second-order valence-electron chi connectivity index (χ2n) is 4.90. The molecule has 0 saturated carbocycles. The minimum absolute atomic E-state index is 0.148. The standard InChI is InChI=1S/C18H17N3O4/c1-23-17-11-14(10-15(20-21-19)18(22)24-2)8-9-16(17)25-12-13-6-4-3-5-7-13/h3-11H,12H2,1-2H3. The fourth-order valence-corrected chi connectivity index (χ4v) is 2.07. The molecule has 7 heteroatoms. The van der Waals surface area contributed by atoms with Gasteiger partial charge in [-0.05, 0) is 34.9 Å². The van der Waals surface area contributed by atoms with Crippen molar-refractivity contribution in [1.29, 1.82) is 0 Å². The predicted molar refractivity (Wildman–Crippen MR) is 92.9 cm³/mol. The molecular weight excluding hydrogens is 322 g/mol. The molecule has 0 atom stereocenters. The molecule has 0 aliphatic heterocycles. The van der Waals surface area contributed by atoms with Crippen molar-refractivity contribution in [2.45, 2.75) is 6.61 Å². The third kappa shape index (κ3) is 5.02. The van der Waals surface area contributed by atoms with E-state index in [2.05, 4.69) is 14.8 Å². The highest BCUT2D eigenvalue weighted by atomic mass is 16.5. The number of carbonyl (C=O) groups is 1. The van der Waals surface area contributed by atoms with Crippen molar-refractivity contribution in [3.63, 3.8) is 0 Å². The number of azide groups is 1. The van der Waals surface area contributed by atoms with Crippen molar-refractivity contribution in [1.82, 2.24) is 0 Å². The van der Waals surface area contributed by atoms with Crippen LogP contribution in [0.25, 0.3) is 16.5 Å². The molecule has 2 aromatic rings. The van der Waals surface area contributed by atoms with Crippen LogP contribution in [-0.2, 0) is 16.1 Å². The van der Waals surface area contributed by atoms with Crippen molar-refractivity contribution in [2.75, 3.05) is 14.2 Å². The van der Waals surface area contributed by atoms with Crippen LogP contribution in [0.1, 0.15) is 11.1 Å². The van der Waals surface area contributed by atoms with Gasteiger partial charge in [0.2, 0.25) is 0 Å². The number of rotatable bonds is 7. The van der Waals surface area contributed by atoms with E-state index in [1.807, 2.05) is 30.3 Å². The number of ether oxygens (including phenoxy) is 3. The van der Waals surface area contributed by atoms with E-state index in [9.17, 15) is 4.79 Å². The first-order valence-electron chi connectivity index (χ1n) is 7.37. The van der Waals surface area contributed by atoms with Crippen molar-refractivity contribution in [3.05, 3.63) is 75.8 Å². The van der Waals surface area contributed by atoms with Gasteiger partial charge in [-0.3, -0.25) is 0 Å². The summed E-state index contributed by atoms with van der Waals surface area (Å²) >= 11 is 0. The molecular formula is C18H17N3O4. The molecule has 2 rings (SSSR count). The molecule has 0 spiro atoms. The Hall–Kier alpha value is -3.44. The zero-order valence-corrected chi connectivity index (χ0v) is 13.9. The summed E-state index contributed by atoms with van der Waals surface area (Å²) in [7, 11) is 2.73. The van der Waals surface area contributed by atoms with Crippen molar-refractivity contribution in [3.8, 4) is 11.5 Å². The zero-order chi connectivity index (χ0) is 18.1. The minimum atomic E-state index is -0.721. The zero-order valence-electron chi connectivity index (χ0n) is 13.9.